The van der Waals surface area contributed by atoms with E-state index in [0.717, 1.165) is 6.92 Å². The van der Waals surface area contributed by atoms with Crippen LogP contribution in [-0.4, -0.2) is 76.9 Å². The number of phosphoric ester groups is 2. The first-order chi connectivity index (χ1) is 18.9. The van der Waals surface area contributed by atoms with Gasteiger partial charge in [-0.2, -0.15) is 21.6 Å². The van der Waals surface area contributed by atoms with E-state index in [1.54, 1.807) is 0 Å². The minimum absolute atomic E-state index is 0.105. The number of aliphatic hydroxyl groups excluding tert-OH is 1. The quantitative estimate of drug-likeness (QED) is 0.102. The molecule has 2 aliphatic heterocycles. The van der Waals surface area contributed by atoms with Gasteiger partial charge in [0.2, 0.25) is 0 Å². The Morgan fingerprint density at radius 3 is 1.74 bits per heavy atom. The number of phosphoric acid groups is 6. The molecule has 7 unspecified atom stereocenters. The number of hydrogen-bond acceptors (Lipinski definition) is 18. The molecule has 0 aromatic rings. The molecule has 42 heavy (non-hydrogen) atoms. The fourth-order valence-electron chi connectivity index (χ4n) is 2.87. The summed E-state index contributed by atoms with van der Waals surface area (Å²) in [6.45, 7) is 3.24. The summed E-state index contributed by atoms with van der Waals surface area (Å²) in [5.41, 5.74) is 5.53. The molecule has 30 heteroatoms. The minimum Gasteiger partial charge on any atom is -0.390 e. The lowest BCUT2D eigenvalue weighted by Gasteiger charge is -2.28. The number of rotatable bonds is 16. The van der Waals surface area contributed by atoms with E-state index in [9.17, 15) is 57.0 Å². The molecule has 24 nitrogen and oxygen atoms in total. The van der Waals surface area contributed by atoms with Crippen LogP contribution in [0.3, 0.4) is 0 Å². The zero-order valence-electron chi connectivity index (χ0n) is 20.7. The highest BCUT2D eigenvalue weighted by Gasteiger charge is 2.50. The van der Waals surface area contributed by atoms with E-state index in [1.165, 1.54) is 17.2 Å². The molecule has 0 amide bonds. The first-order valence-electron chi connectivity index (χ1n) is 10.5. The van der Waals surface area contributed by atoms with Crippen LogP contribution in [0.5, 0.6) is 0 Å². The molecule has 2 aliphatic rings. The van der Waals surface area contributed by atoms with E-state index < -0.39 is 78.6 Å². The summed E-state index contributed by atoms with van der Waals surface area (Å²) in [4.78, 5) is 61.8. The third kappa shape index (κ3) is 12.5. The van der Waals surface area contributed by atoms with Crippen molar-refractivity contribution in [3.63, 3.8) is 0 Å². The Morgan fingerprint density at radius 2 is 1.31 bits per heavy atom. The lowest BCUT2D eigenvalue weighted by atomic mass is 10.2. The Balaban J connectivity index is 1.96. The smallest absolute Gasteiger partial charge is 0.390 e. The van der Waals surface area contributed by atoms with Crippen molar-refractivity contribution in [2.75, 3.05) is 13.2 Å². The molecule has 0 saturated carbocycles. The van der Waals surface area contributed by atoms with Crippen LogP contribution >= 0.6 is 46.9 Å². The largest absolute Gasteiger partial charge is 0.490 e. The molecule has 0 bridgehead atoms. The van der Waals surface area contributed by atoms with Crippen molar-refractivity contribution in [2.45, 2.75) is 31.8 Å². The van der Waals surface area contributed by atoms with Gasteiger partial charge in [0, 0.05) is 12.6 Å². The Kier molecular flexibility index (Phi) is 12.5. The van der Waals surface area contributed by atoms with E-state index in [1.807, 2.05) is 0 Å². The molecule has 9 atom stereocenters. The van der Waals surface area contributed by atoms with Crippen molar-refractivity contribution in [1.82, 2.24) is 4.90 Å². The van der Waals surface area contributed by atoms with Gasteiger partial charge in [0.05, 0.1) is 19.3 Å². The Labute approximate surface area is 235 Å². The lowest BCUT2D eigenvalue weighted by Crippen LogP contribution is -2.33. The second-order valence-corrected chi connectivity index (χ2v) is 16.9. The number of aliphatic imine (C=N–C) groups is 1. The topological polar surface area (TPSA) is 359 Å². The maximum atomic E-state index is 12.1. The molecule has 9 N–H and O–H groups in total. The molecule has 0 spiro atoms. The van der Waals surface area contributed by atoms with E-state index in [2.05, 4.69) is 42.2 Å². The zero-order valence-corrected chi connectivity index (χ0v) is 26.1. The van der Waals surface area contributed by atoms with Crippen LogP contribution in [0.1, 0.15) is 13.3 Å². The Morgan fingerprint density at radius 1 is 0.881 bits per heavy atom. The van der Waals surface area contributed by atoms with Gasteiger partial charge >= 0.3 is 46.9 Å². The molecular weight excluding hydrogens is 708 g/mol. The van der Waals surface area contributed by atoms with E-state index in [-0.39, 0.29) is 18.1 Å². The van der Waals surface area contributed by atoms with Crippen LogP contribution in [0.4, 0.5) is 0 Å². The van der Waals surface area contributed by atoms with Crippen molar-refractivity contribution in [1.29, 1.82) is 0 Å². The first-order valence-corrected chi connectivity index (χ1v) is 19.5. The van der Waals surface area contributed by atoms with Crippen molar-refractivity contribution in [3.05, 3.63) is 24.7 Å². The van der Waals surface area contributed by atoms with Gasteiger partial charge < -0.3 is 49.8 Å². The molecular formula is C12H25N3O21P6. The molecule has 2 rings (SSSR count). The monoisotopic (exact) mass is 733 g/mol. The summed E-state index contributed by atoms with van der Waals surface area (Å²) in [6.07, 6.45) is -0.875. The average molecular weight is 733 g/mol. The van der Waals surface area contributed by atoms with Gasteiger partial charge in [0.25, 0.3) is 0 Å². The first kappa shape index (κ1) is 37.7. The van der Waals surface area contributed by atoms with Gasteiger partial charge in [0.15, 0.2) is 0 Å². The predicted molar refractivity (Wildman–Crippen MR) is 133 cm³/mol. The van der Waals surface area contributed by atoms with Gasteiger partial charge in [-0.15, -0.1) is 0 Å². The molecule has 0 aromatic heterocycles. The second-order valence-electron chi connectivity index (χ2n) is 7.54. The fourth-order valence-corrected chi connectivity index (χ4v) is 10.7. The molecule has 0 aromatic carbocycles. The van der Waals surface area contributed by atoms with Crippen LogP contribution in [0.2, 0.25) is 0 Å². The normalized spacial score (nSPS) is 29.8. The summed E-state index contributed by atoms with van der Waals surface area (Å²) in [7, 11) is -36.1. The highest BCUT2D eigenvalue weighted by Crippen LogP contribution is 2.75. The Bertz CT molecular complexity index is 1380. The number of amidine groups is 1. The van der Waals surface area contributed by atoms with Gasteiger partial charge in [-0.3, -0.25) is 9.05 Å². The molecule has 1 fully saturated rings. The molecule has 1 saturated heterocycles. The number of nitrogens with zero attached hydrogens (tertiary/aromatic N) is 2. The van der Waals surface area contributed by atoms with Gasteiger partial charge in [0.1, 0.15) is 24.0 Å². The third-order valence-electron chi connectivity index (χ3n) is 4.20. The summed E-state index contributed by atoms with van der Waals surface area (Å²) in [6, 6.07) is 0. The van der Waals surface area contributed by atoms with Crippen molar-refractivity contribution < 1.29 is 97.2 Å². The summed E-state index contributed by atoms with van der Waals surface area (Å²) >= 11 is 0. The third-order valence-corrected chi connectivity index (χ3v) is 13.5. The second kappa shape index (κ2) is 13.9. The van der Waals surface area contributed by atoms with Crippen LogP contribution in [0.15, 0.2) is 29.7 Å². The SMILES string of the molecule is C=C1N=C(N)C=CN1[C@H]1CC(O)[C@@H](COP(=O)(O)OP(=O)(O)OP(=O)(O)OP(=O)(O)OP(=O)(O)OP(=O)(O)OCC)O1. The summed E-state index contributed by atoms with van der Waals surface area (Å²) in [5.74, 6) is 0.263. The lowest BCUT2D eigenvalue weighted by molar-refractivity contribution is -0.0553. The number of ether oxygens (including phenoxy) is 1. The highest BCUT2D eigenvalue weighted by molar-refractivity contribution is 7.72. The average Bonchev–Trinajstić information content (AvgIpc) is 3.07. The molecule has 0 aliphatic carbocycles. The Hall–Kier alpha value is -0.470. The van der Waals surface area contributed by atoms with Crippen molar-refractivity contribution in [2.24, 2.45) is 10.7 Å². The molecule has 2 heterocycles. The standard InChI is InChI=1S/C12H25N3O21P6/c1-3-29-37(17,18)32-39(21,22)34-41(25,26)36-42(27,28)35-40(23,24)33-38(19,20)30-7-10-9(16)6-12(31-10)15-5-4-11(13)14-8(15)2/h4-5,9-10,12,16H,2-3,6-7H2,1H3,(H2,13,14)(H,17,18)(H,19,20)(H,21,22)(H,23,24)(H,25,26)(H,27,28)/t9?,10-,12-/m1/s1. The molecule has 244 valence electrons. The van der Waals surface area contributed by atoms with Crippen molar-refractivity contribution >= 4 is 52.8 Å². The predicted octanol–water partition coefficient (Wildman–Crippen LogP) is 0.858. The van der Waals surface area contributed by atoms with Gasteiger partial charge in [-0.25, -0.2) is 32.4 Å². The van der Waals surface area contributed by atoms with E-state index in [4.69, 9.17) is 15.4 Å². The van der Waals surface area contributed by atoms with Gasteiger partial charge in [-0.1, -0.05) is 6.58 Å². The van der Waals surface area contributed by atoms with Gasteiger partial charge in [-0.05, 0) is 13.0 Å². The maximum Gasteiger partial charge on any atom is 0.490 e. The number of aliphatic hydroxyl groups is 1. The number of nitrogens with two attached hydrogens (primary N) is 1. The summed E-state index contributed by atoms with van der Waals surface area (Å²) in [5, 5.41) is 10.2. The zero-order chi connectivity index (χ0) is 32.4. The molecule has 0 radical (unpaired) electrons. The minimum atomic E-state index is -6.37. The fraction of sp³-hybridized carbons (Fsp3) is 0.583. The van der Waals surface area contributed by atoms with Crippen LogP contribution < -0.4 is 5.73 Å². The van der Waals surface area contributed by atoms with Crippen LogP contribution in [-0.2, 0) is 62.7 Å². The number of hydrogen-bond donors (Lipinski definition) is 8. The maximum absolute atomic E-state index is 12.1. The highest BCUT2D eigenvalue weighted by atomic mass is 31.3. The summed E-state index contributed by atoms with van der Waals surface area (Å²) < 4.78 is 103. The van der Waals surface area contributed by atoms with E-state index in [0.29, 0.717) is 0 Å². The van der Waals surface area contributed by atoms with E-state index >= 15 is 0 Å². The van der Waals surface area contributed by atoms with Crippen LogP contribution in [0, 0.1) is 0 Å². The van der Waals surface area contributed by atoms with Crippen LogP contribution in [0.25, 0.3) is 0 Å². The van der Waals surface area contributed by atoms with Crippen molar-refractivity contribution in [3.8, 4) is 0 Å².